The smallest absolute Gasteiger partial charge is 0.217 e. The first-order valence-corrected chi connectivity index (χ1v) is 6.04. The molecule has 1 atom stereocenters. The van der Waals surface area contributed by atoms with Gasteiger partial charge < -0.3 is 5.32 Å². The lowest BCUT2D eigenvalue weighted by Crippen LogP contribution is -2.39. The molecule has 0 saturated carbocycles. The Morgan fingerprint density at radius 1 is 1.32 bits per heavy atom. The topological polar surface area (TPSA) is 59.1 Å². The number of rotatable bonds is 1. The van der Waals surface area contributed by atoms with Crippen molar-refractivity contribution in [3.8, 4) is 0 Å². The lowest BCUT2D eigenvalue weighted by atomic mass is 9.95. The number of carbonyl (C=O) groups is 2. The molecule has 0 bridgehead atoms. The number of hydrogen-bond donors (Lipinski definition) is 1. The molecule has 2 aromatic rings. The van der Waals surface area contributed by atoms with Gasteiger partial charge in [-0.3, -0.25) is 9.59 Å². The molecule has 1 amide bonds. The van der Waals surface area contributed by atoms with E-state index in [0.29, 0.717) is 11.3 Å². The van der Waals surface area contributed by atoms with Crippen LogP contribution in [-0.2, 0) is 4.79 Å². The van der Waals surface area contributed by atoms with Crippen LogP contribution in [0.1, 0.15) is 23.0 Å². The van der Waals surface area contributed by atoms with Gasteiger partial charge in [0.15, 0.2) is 5.78 Å². The predicted molar refractivity (Wildman–Crippen MR) is 72.7 cm³/mol. The van der Waals surface area contributed by atoms with Crippen LogP contribution in [0.15, 0.2) is 36.4 Å². The molecule has 4 heteroatoms. The fourth-order valence-electron chi connectivity index (χ4n) is 2.23. The Kier molecular flexibility index (Phi) is 2.63. The third kappa shape index (κ3) is 2.01. The Morgan fingerprint density at radius 2 is 2.11 bits per heavy atom. The third-order valence-corrected chi connectivity index (χ3v) is 3.11. The number of nitrogens with one attached hydrogen (secondary N) is 1. The van der Waals surface area contributed by atoms with Crippen molar-refractivity contribution in [1.29, 1.82) is 0 Å². The number of carbonyl (C=O) groups excluding carboxylic acids is 2. The number of aromatic nitrogens is 1. The number of Topliss-reactive ketones (excluding diaryl/α,β-unsaturated/α-hetero) is 1. The average molecular weight is 252 g/mol. The maximum absolute atomic E-state index is 12.3. The van der Waals surface area contributed by atoms with Gasteiger partial charge in [0.2, 0.25) is 5.91 Å². The number of amides is 1. The van der Waals surface area contributed by atoms with Gasteiger partial charge >= 0.3 is 0 Å². The van der Waals surface area contributed by atoms with Gasteiger partial charge in [-0.25, -0.2) is 4.98 Å². The largest absolute Gasteiger partial charge is 0.343 e. The summed E-state index contributed by atoms with van der Waals surface area (Å²) in [6, 6.07) is 8.89. The summed E-state index contributed by atoms with van der Waals surface area (Å²) in [5.74, 6) is -0.342. The molecule has 4 nitrogen and oxygen atoms in total. The van der Waals surface area contributed by atoms with Crippen LogP contribution in [0.2, 0.25) is 0 Å². The van der Waals surface area contributed by atoms with Crippen molar-refractivity contribution in [2.75, 3.05) is 0 Å². The van der Waals surface area contributed by atoms with Crippen molar-refractivity contribution in [1.82, 2.24) is 10.3 Å². The quantitative estimate of drug-likeness (QED) is 0.843. The highest BCUT2D eigenvalue weighted by atomic mass is 16.2. The van der Waals surface area contributed by atoms with E-state index in [-0.39, 0.29) is 11.7 Å². The highest BCUT2D eigenvalue weighted by Gasteiger charge is 2.25. The minimum Gasteiger partial charge on any atom is -0.343 e. The minimum absolute atomic E-state index is 0.119. The summed E-state index contributed by atoms with van der Waals surface area (Å²) in [6.45, 7) is 1.40. The predicted octanol–water partition coefficient (Wildman–Crippen LogP) is 1.95. The first-order valence-electron chi connectivity index (χ1n) is 6.04. The van der Waals surface area contributed by atoms with E-state index < -0.39 is 6.04 Å². The van der Waals surface area contributed by atoms with Gasteiger partial charge in [0, 0.05) is 17.9 Å². The van der Waals surface area contributed by atoms with E-state index in [1.54, 1.807) is 12.2 Å². The van der Waals surface area contributed by atoms with Crippen LogP contribution >= 0.6 is 0 Å². The number of benzene rings is 1. The molecule has 0 spiro atoms. The second-order valence-corrected chi connectivity index (χ2v) is 4.52. The van der Waals surface area contributed by atoms with Crippen molar-refractivity contribution in [2.45, 2.75) is 13.0 Å². The van der Waals surface area contributed by atoms with Gasteiger partial charge in [0.25, 0.3) is 0 Å². The van der Waals surface area contributed by atoms with Crippen LogP contribution < -0.4 is 5.32 Å². The zero-order chi connectivity index (χ0) is 13.4. The molecule has 1 aliphatic carbocycles. The molecule has 94 valence electrons. The van der Waals surface area contributed by atoms with Gasteiger partial charge in [0.1, 0.15) is 6.04 Å². The maximum Gasteiger partial charge on any atom is 0.217 e. The molecule has 0 saturated heterocycles. The van der Waals surface area contributed by atoms with Gasteiger partial charge in [-0.05, 0) is 18.2 Å². The Morgan fingerprint density at radius 3 is 2.89 bits per heavy atom. The van der Waals surface area contributed by atoms with Crippen LogP contribution in [0.25, 0.3) is 17.0 Å². The average Bonchev–Trinajstić information content (AvgIpc) is 2.40. The molecule has 0 radical (unpaired) electrons. The number of ketones is 1. The normalized spacial score (nSPS) is 17.3. The van der Waals surface area contributed by atoms with Gasteiger partial charge in [-0.1, -0.05) is 24.3 Å². The molecule has 1 aromatic carbocycles. The third-order valence-electron chi connectivity index (χ3n) is 3.11. The van der Waals surface area contributed by atoms with E-state index in [1.165, 1.54) is 6.92 Å². The number of para-hydroxylation sites is 1. The molecule has 3 rings (SSSR count). The maximum atomic E-state index is 12.3. The van der Waals surface area contributed by atoms with Crippen LogP contribution in [0, 0.1) is 0 Å². The van der Waals surface area contributed by atoms with E-state index in [0.717, 1.165) is 10.9 Å². The number of nitrogens with zero attached hydrogens (tertiary/aromatic N) is 1. The molecule has 0 fully saturated rings. The zero-order valence-electron chi connectivity index (χ0n) is 10.4. The first-order chi connectivity index (χ1) is 9.15. The molecule has 1 unspecified atom stereocenters. The number of hydrogen-bond acceptors (Lipinski definition) is 3. The lowest BCUT2D eigenvalue weighted by molar-refractivity contribution is -0.119. The second kappa shape index (κ2) is 4.31. The monoisotopic (exact) mass is 252 g/mol. The fourth-order valence-corrected chi connectivity index (χ4v) is 2.23. The standard InChI is InChI=1S/C15H12N2O2/c1-9(18)16-14-7-6-13-11(15(14)19)8-10-4-2-3-5-12(10)17-13/h2-8,14H,1H3,(H,16,18). The molecule has 0 aliphatic heterocycles. The van der Waals surface area contributed by atoms with E-state index in [9.17, 15) is 9.59 Å². The summed E-state index contributed by atoms with van der Waals surface area (Å²) < 4.78 is 0. The van der Waals surface area contributed by atoms with Crippen molar-refractivity contribution >= 4 is 28.7 Å². The second-order valence-electron chi connectivity index (χ2n) is 4.52. The minimum atomic E-state index is -0.590. The summed E-state index contributed by atoms with van der Waals surface area (Å²) in [6.07, 6.45) is 3.46. The Balaban J connectivity index is 2.10. The Labute approximate surface area is 110 Å². The molecule has 1 aromatic heterocycles. The summed E-state index contributed by atoms with van der Waals surface area (Å²) in [7, 11) is 0. The van der Waals surface area contributed by atoms with E-state index >= 15 is 0 Å². The summed E-state index contributed by atoms with van der Waals surface area (Å²) >= 11 is 0. The van der Waals surface area contributed by atoms with E-state index in [1.807, 2.05) is 30.3 Å². The molecule has 1 heterocycles. The van der Waals surface area contributed by atoms with Gasteiger partial charge in [0.05, 0.1) is 11.2 Å². The molecule has 19 heavy (non-hydrogen) atoms. The van der Waals surface area contributed by atoms with Crippen molar-refractivity contribution < 1.29 is 9.59 Å². The fraction of sp³-hybridized carbons (Fsp3) is 0.133. The summed E-state index contributed by atoms with van der Waals surface area (Å²) in [5.41, 5.74) is 2.07. The molecular formula is C15H12N2O2. The van der Waals surface area contributed by atoms with Gasteiger partial charge in [-0.2, -0.15) is 0 Å². The van der Waals surface area contributed by atoms with Gasteiger partial charge in [-0.15, -0.1) is 0 Å². The number of fused-ring (bicyclic) bond motifs is 2. The molecular weight excluding hydrogens is 240 g/mol. The highest BCUT2D eigenvalue weighted by Crippen LogP contribution is 2.22. The van der Waals surface area contributed by atoms with E-state index in [4.69, 9.17) is 0 Å². The summed E-state index contributed by atoms with van der Waals surface area (Å²) in [5, 5.41) is 3.54. The lowest BCUT2D eigenvalue weighted by Gasteiger charge is -2.18. The van der Waals surface area contributed by atoms with Crippen molar-refractivity contribution in [3.63, 3.8) is 0 Å². The summed E-state index contributed by atoms with van der Waals surface area (Å²) in [4.78, 5) is 27.8. The van der Waals surface area contributed by atoms with Crippen LogP contribution in [0.5, 0.6) is 0 Å². The zero-order valence-corrected chi connectivity index (χ0v) is 10.4. The Bertz CT molecular complexity index is 719. The first kappa shape index (κ1) is 11.6. The van der Waals surface area contributed by atoms with Crippen molar-refractivity contribution in [2.24, 2.45) is 0 Å². The molecule has 1 N–H and O–H groups in total. The highest BCUT2D eigenvalue weighted by molar-refractivity contribution is 6.09. The number of pyridine rings is 1. The van der Waals surface area contributed by atoms with Crippen molar-refractivity contribution in [3.05, 3.63) is 47.7 Å². The molecule has 1 aliphatic rings. The van der Waals surface area contributed by atoms with Crippen LogP contribution in [0.4, 0.5) is 0 Å². The SMILES string of the molecule is CC(=O)NC1C=Cc2nc3ccccc3cc2C1=O. The van der Waals surface area contributed by atoms with E-state index in [2.05, 4.69) is 10.3 Å². The van der Waals surface area contributed by atoms with Crippen LogP contribution in [0.3, 0.4) is 0 Å². The van der Waals surface area contributed by atoms with Crippen LogP contribution in [-0.4, -0.2) is 22.7 Å². The Hall–Kier alpha value is -2.49.